The molecule has 2 N–H and O–H groups in total. The number of rotatable bonds is 5. The minimum absolute atomic E-state index is 0.0221. The molecule has 0 aliphatic carbocycles. The highest BCUT2D eigenvalue weighted by atomic mass is 32.2. The quantitative estimate of drug-likeness (QED) is 0.734. The molecule has 164 valence electrons. The number of sulfone groups is 1. The monoisotopic (exact) mass is 444 g/mol. The molecule has 1 fully saturated rings. The van der Waals surface area contributed by atoms with Gasteiger partial charge in [-0.3, -0.25) is 9.69 Å². The molecule has 0 aromatic heterocycles. The van der Waals surface area contributed by atoms with Crippen molar-refractivity contribution in [3.05, 3.63) is 59.4 Å². The van der Waals surface area contributed by atoms with E-state index in [2.05, 4.69) is 10.6 Å². The Kier molecular flexibility index (Phi) is 6.74. The molecule has 1 heterocycles. The number of nitrogens with one attached hydrogen (secondary N) is 2. The van der Waals surface area contributed by atoms with E-state index in [9.17, 15) is 17.6 Å². The third-order valence-electron chi connectivity index (χ3n) is 5.36. The highest BCUT2D eigenvalue weighted by Gasteiger charge is 2.42. The van der Waals surface area contributed by atoms with Crippen molar-refractivity contribution in [1.29, 1.82) is 5.26 Å². The van der Waals surface area contributed by atoms with Crippen molar-refractivity contribution in [2.24, 2.45) is 0 Å². The van der Waals surface area contributed by atoms with Crippen LogP contribution >= 0.6 is 0 Å². The summed E-state index contributed by atoms with van der Waals surface area (Å²) in [5, 5.41) is 13.9. The van der Waals surface area contributed by atoms with Gasteiger partial charge in [0.15, 0.2) is 9.84 Å². The maximum absolute atomic E-state index is 13.8. The summed E-state index contributed by atoms with van der Waals surface area (Å²) in [6.07, 6.45) is 0. The van der Waals surface area contributed by atoms with E-state index >= 15 is 0 Å². The standard InChI is InChI=1S/C22H25FN4O3S/c1-14-12-27(13-21(28)26-20-6-4-5-19(23)15(20)2)22(16(3)25-14)31(29,30)18-9-7-17(11-24)8-10-18/h4-10,14,16,22,25H,12-13H2,1-3H3,(H,26,28)/t14?,16-,22+/m0/s1. The second-order valence-corrected chi connectivity index (χ2v) is 9.86. The van der Waals surface area contributed by atoms with Gasteiger partial charge in [-0.2, -0.15) is 5.26 Å². The van der Waals surface area contributed by atoms with Crippen molar-refractivity contribution in [2.75, 3.05) is 18.4 Å². The Labute approximate surface area is 181 Å². The smallest absolute Gasteiger partial charge is 0.238 e. The molecule has 1 amide bonds. The van der Waals surface area contributed by atoms with Crippen molar-refractivity contribution in [1.82, 2.24) is 10.2 Å². The van der Waals surface area contributed by atoms with E-state index in [0.717, 1.165) is 0 Å². The van der Waals surface area contributed by atoms with Gasteiger partial charge in [0.05, 0.1) is 23.1 Å². The summed E-state index contributed by atoms with van der Waals surface area (Å²) in [4.78, 5) is 14.4. The molecule has 7 nitrogen and oxygen atoms in total. The average Bonchev–Trinajstić information content (AvgIpc) is 2.70. The third-order valence-corrected chi connectivity index (χ3v) is 7.63. The third kappa shape index (κ3) is 4.93. The molecular weight excluding hydrogens is 419 g/mol. The molecule has 0 saturated carbocycles. The van der Waals surface area contributed by atoms with Gasteiger partial charge in [0.25, 0.3) is 0 Å². The van der Waals surface area contributed by atoms with Crippen LogP contribution in [-0.4, -0.2) is 49.8 Å². The van der Waals surface area contributed by atoms with Gasteiger partial charge in [-0.05, 0) is 57.2 Å². The zero-order valence-electron chi connectivity index (χ0n) is 17.6. The zero-order valence-corrected chi connectivity index (χ0v) is 18.4. The fourth-order valence-corrected chi connectivity index (χ4v) is 5.91. The van der Waals surface area contributed by atoms with Gasteiger partial charge in [-0.15, -0.1) is 0 Å². The molecule has 2 aromatic rings. The van der Waals surface area contributed by atoms with Gasteiger partial charge in [0.1, 0.15) is 11.2 Å². The molecule has 0 bridgehead atoms. The van der Waals surface area contributed by atoms with E-state index in [-0.39, 0.29) is 17.5 Å². The van der Waals surface area contributed by atoms with Gasteiger partial charge in [0.2, 0.25) is 5.91 Å². The van der Waals surface area contributed by atoms with E-state index in [1.54, 1.807) is 24.8 Å². The molecule has 1 aliphatic rings. The Balaban J connectivity index is 1.86. The predicted molar refractivity (Wildman–Crippen MR) is 116 cm³/mol. The topological polar surface area (TPSA) is 102 Å². The zero-order chi connectivity index (χ0) is 22.8. The Morgan fingerprint density at radius 2 is 1.94 bits per heavy atom. The lowest BCUT2D eigenvalue weighted by atomic mass is 10.1. The SMILES string of the molecule is Cc1c(F)cccc1NC(=O)CN1CC(C)N[C@@H](C)[C@H]1S(=O)(=O)c1ccc(C#N)cc1. The molecular formula is C22H25FN4O3S. The average molecular weight is 445 g/mol. The maximum Gasteiger partial charge on any atom is 0.238 e. The number of amides is 1. The highest BCUT2D eigenvalue weighted by molar-refractivity contribution is 7.92. The molecule has 31 heavy (non-hydrogen) atoms. The number of carbonyl (C=O) groups is 1. The molecule has 2 aromatic carbocycles. The predicted octanol–water partition coefficient (Wildman–Crippen LogP) is 2.43. The minimum atomic E-state index is -3.83. The molecule has 1 aliphatic heterocycles. The van der Waals surface area contributed by atoms with Crippen LogP contribution in [0.2, 0.25) is 0 Å². The fraction of sp³-hybridized carbons (Fsp3) is 0.364. The number of hydrogen-bond acceptors (Lipinski definition) is 6. The van der Waals surface area contributed by atoms with E-state index < -0.39 is 33.0 Å². The van der Waals surface area contributed by atoms with Crippen molar-refractivity contribution >= 4 is 21.4 Å². The highest BCUT2D eigenvalue weighted by Crippen LogP contribution is 2.25. The Morgan fingerprint density at radius 3 is 2.58 bits per heavy atom. The second kappa shape index (κ2) is 9.14. The van der Waals surface area contributed by atoms with Crippen LogP contribution in [0.15, 0.2) is 47.4 Å². The van der Waals surface area contributed by atoms with Crippen LogP contribution < -0.4 is 10.6 Å². The van der Waals surface area contributed by atoms with Crippen LogP contribution in [0.1, 0.15) is 25.0 Å². The lowest BCUT2D eigenvalue weighted by molar-refractivity contribution is -0.117. The minimum Gasteiger partial charge on any atom is -0.325 e. The first-order valence-corrected chi connectivity index (χ1v) is 11.5. The van der Waals surface area contributed by atoms with E-state index in [1.807, 2.05) is 13.0 Å². The first-order valence-electron chi connectivity index (χ1n) is 9.92. The lowest BCUT2D eigenvalue weighted by Gasteiger charge is -2.42. The number of halogens is 1. The van der Waals surface area contributed by atoms with Crippen LogP contribution in [0.4, 0.5) is 10.1 Å². The van der Waals surface area contributed by atoms with Crippen molar-refractivity contribution in [2.45, 2.75) is 43.1 Å². The number of carbonyl (C=O) groups excluding carboxylic acids is 1. The molecule has 1 unspecified atom stereocenters. The number of piperazine rings is 1. The van der Waals surface area contributed by atoms with E-state index in [0.29, 0.717) is 23.4 Å². The number of nitriles is 1. The first-order chi connectivity index (χ1) is 14.6. The van der Waals surface area contributed by atoms with Gasteiger partial charge < -0.3 is 10.6 Å². The van der Waals surface area contributed by atoms with Gasteiger partial charge in [-0.1, -0.05) is 6.07 Å². The molecule has 3 rings (SSSR count). The normalized spacial score (nSPS) is 22.0. The summed E-state index contributed by atoms with van der Waals surface area (Å²) in [6.45, 7) is 5.44. The van der Waals surface area contributed by atoms with E-state index in [4.69, 9.17) is 5.26 Å². The molecule has 0 radical (unpaired) electrons. The van der Waals surface area contributed by atoms with Crippen molar-refractivity contribution in [3.8, 4) is 6.07 Å². The summed E-state index contributed by atoms with van der Waals surface area (Å²) >= 11 is 0. The second-order valence-electron chi connectivity index (χ2n) is 7.82. The molecule has 1 saturated heterocycles. The van der Waals surface area contributed by atoms with Gasteiger partial charge in [0, 0.05) is 29.9 Å². The Morgan fingerprint density at radius 1 is 1.26 bits per heavy atom. The summed E-state index contributed by atoms with van der Waals surface area (Å²) < 4.78 is 40.6. The summed E-state index contributed by atoms with van der Waals surface area (Å²) in [5.41, 5.74) is 1.04. The summed E-state index contributed by atoms with van der Waals surface area (Å²) in [6, 6.07) is 11.7. The lowest BCUT2D eigenvalue weighted by Crippen LogP contribution is -2.64. The number of benzene rings is 2. The first kappa shape index (κ1) is 22.9. The van der Waals surface area contributed by atoms with Crippen LogP contribution in [0.3, 0.4) is 0 Å². The van der Waals surface area contributed by atoms with Crippen molar-refractivity contribution < 1.29 is 17.6 Å². The van der Waals surface area contributed by atoms with Crippen LogP contribution in [-0.2, 0) is 14.6 Å². The summed E-state index contributed by atoms with van der Waals surface area (Å²) in [5.74, 6) is -0.849. The summed E-state index contributed by atoms with van der Waals surface area (Å²) in [7, 11) is -3.83. The molecule has 3 atom stereocenters. The fourth-order valence-electron chi connectivity index (χ4n) is 3.95. The van der Waals surface area contributed by atoms with Gasteiger partial charge >= 0.3 is 0 Å². The largest absolute Gasteiger partial charge is 0.325 e. The number of nitrogens with zero attached hydrogens (tertiary/aromatic N) is 2. The van der Waals surface area contributed by atoms with Crippen LogP contribution in [0, 0.1) is 24.1 Å². The molecule has 0 spiro atoms. The van der Waals surface area contributed by atoms with Gasteiger partial charge in [-0.25, -0.2) is 12.8 Å². The van der Waals surface area contributed by atoms with Crippen molar-refractivity contribution in [3.63, 3.8) is 0 Å². The van der Waals surface area contributed by atoms with E-state index in [1.165, 1.54) is 36.4 Å². The Bertz CT molecular complexity index is 1110. The Hall–Kier alpha value is -2.80. The maximum atomic E-state index is 13.8. The van der Waals surface area contributed by atoms with Crippen LogP contribution in [0.25, 0.3) is 0 Å². The number of hydrogen-bond donors (Lipinski definition) is 2. The molecule has 9 heteroatoms. The van der Waals surface area contributed by atoms with Crippen LogP contribution in [0.5, 0.6) is 0 Å². The number of anilines is 1.